The maximum Gasteiger partial charge on any atom is 0.415 e. The van der Waals surface area contributed by atoms with Gasteiger partial charge in [0.1, 0.15) is 12.2 Å². The normalized spacial score (nSPS) is 11.8. The van der Waals surface area contributed by atoms with Gasteiger partial charge >= 0.3 is 18.1 Å². The van der Waals surface area contributed by atoms with E-state index >= 15 is 0 Å². The van der Waals surface area contributed by atoms with Gasteiger partial charge in [0.15, 0.2) is 5.69 Å². The number of aromatic nitrogens is 1. The minimum atomic E-state index is -0.787. The first-order valence-electron chi connectivity index (χ1n) is 7.21. The molecule has 10 heteroatoms. The number of carbonyl (C=O) groups excluding carboxylic acids is 2. The molecule has 0 bridgehead atoms. The van der Waals surface area contributed by atoms with Crippen LogP contribution in [0.25, 0.3) is 0 Å². The lowest BCUT2D eigenvalue weighted by atomic mass is 10.2. The van der Waals surface area contributed by atoms with E-state index in [-0.39, 0.29) is 35.9 Å². The monoisotopic (exact) mass is 361 g/mol. The molecule has 1 heterocycles. The molecule has 1 aromatic heterocycles. The molecule has 1 aromatic rings. The number of rotatable bonds is 6. The average molecular weight is 362 g/mol. The lowest BCUT2D eigenvalue weighted by Gasteiger charge is -2.18. The molecule has 0 saturated carbocycles. The van der Waals surface area contributed by atoms with E-state index in [1.165, 1.54) is 0 Å². The Kier molecular flexibility index (Phi) is 7.02. The Morgan fingerprint density at radius 2 is 1.96 bits per heavy atom. The Morgan fingerprint density at radius 1 is 1.29 bits per heavy atom. The van der Waals surface area contributed by atoms with Crippen molar-refractivity contribution in [3.63, 3.8) is 0 Å². The van der Waals surface area contributed by atoms with Crippen LogP contribution < -0.4 is 5.32 Å². The second-order valence-electron chi connectivity index (χ2n) is 5.35. The van der Waals surface area contributed by atoms with Gasteiger partial charge in [0.2, 0.25) is 10.9 Å². The topological polar surface area (TPSA) is 112 Å². The number of amides is 1. The van der Waals surface area contributed by atoms with E-state index in [1.807, 2.05) is 0 Å². The Morgan fingerprint density at radius 3 is 2.50 bits per heavy atom. The molecule has 0 radical (unpaired) electrons. The molecule has 1 amide bonds. The van der Waals surface area contributed by atoms with Gasteiger partial charge in [-0.1, -0.05) is 5.16 Å². The number of nitrogens with zero attached hydrogens (tertiary/aromatic N) is 2. The van der Waals surface area contributed by atoms with E-state index in [0.717, 1.165) is 0 Å². The van der Waals surface area contributed by atoms with Gasteiger partial charge in [0.05, 0.1) is 6.61 Å². The molecule has 0 aliphatic heterocycles. The summed E-state index contributed by atoms with van der Waals surface area (Å²) in [5.41, 5.74) is -1.09. The zero-order chi connectivity index (χ0) is 18.3. The summed E-state index contributed by atoms with van der Waals surface area (Å²) in [6, 6.07) is -0.252. The van der Waals surface area contributed by atoms with Crippen LogP contribution in [-0.4, -0.2) is 41.6 Å². The van der Waals surface area contributed by atoms with E-state index in [9.17, 15) is 9.59 Å². The maximum atomic E-state index is 11.9. The standard InChI is InChI=1S/C14H20ClN3O6/c1-6-21-11(19)9(18-22-7-2)8-10(15)23-12(16-8)17-13(20)24-14(3,4)5/h6-7H2,1-5H3,(H,16,17,20). The fraction of sp³-hybridized carbons (Fsp3) is 0.571. The molecule has 0 fully saturated rings. The number of oxazole rings is 1. The molecular formula is C14H20ClN3O6. The number of anilines is 1. The molecule has 0 atom stereocenters. The number of halogens is 1. The van der Waals surface area contributed by atoms with Gasteiger partial charge in [-0.3, -0.25) is 0 Å². The van der Waals surface area contributed by atoms with Crippen molar-refractivity contribution in [1.82, 2.24) is 4.98 Å². The summed E-state index contributed by atoms with van der Waals surface area (Å²) in [4.78, 5) is 32.4. The first-order valence-corrected chi connectivity index (χ1v) is 7.59. The van der Waals surface area contributed by atoms with Crippen molar-refractivity contribution in [3.05, 3.63) is 10.9 Å². The molecule has 0 unspecified atom stereocenters. The number of ether oxygens (including phenoxy) is 2. The highest BCUT2D eigenvalue weighted by atomic mass is 35.5. The molecule has 0 aliphatic rings. The molecule has 134 valence electrons. The van der Waals surface area contributed by atoms with Crippen LogP contribution in [0.4, 0.5) is 10.8 Å². The van der Waals surface area contributed by atoms with E-state index in [0.29, 0.717) is 0 Å². The molecule has 24 heavy (non-hydrogen) atoms. The van der Waals surface area contributed by atoms with E-state index in [2.05, 4.69) is 15.5 Å². The second-order valence-corrected chi connectivity index (χ2v) is 5.69. The summed E-state index contributed by atoms with van der Waals surface area (Å²) in [6.45, 7) is 8.78. The lowest BCUT2D eigenvalue weighted by Crippen LogP contribution is -2.27. The van der Waals surface area contributed by atoms with E-state index < -0.39 is 17.7 Å². The molecular weight excluding hydrogens is 342 g/mol. The van der Waals surface area contributed by atoms with Gasteiger partial charge in [-0.05, 0) is 46.2 Å². The molecule has 1 N–H and O–H groups in total. The number of oxime groups is 1. The quantitative estimate of drug-likeness (QED) is 0.470. The predicted molar refractivity (Wildman–Crippen MR) is 86.2 cm³/mol. The van der Waals surface area contributed by atoms with Crippen molar-refractivity contribution >= 4 is 35.4 Å². The number of nitrogens with one attached hydrogen (secondary N) is 1. The summed E-state index contributed by atoms with van der Waals surface area (Å²) >= 11 is 5.91. The first kappa shape index (κ1) is 19.8. The van der Waals surface area contributed by atoms with Crippen LogP contribution in [0, 0.1) is 0 Å². The number of esters is 1. The van der Waals surface area contributed by atoms with Crippen LogP contribution in [0.3, 0.4) is 0 Å². The fourth-order valence-electron chi connectivity index (χ4n) is 1.40. The van der Waals surface area contributed by atoms with Crippen LogP contribution in [0.2, 0.25) is 5.22 Å². The van der Waals surface area contributed by atoms with Crippen molar-refractivity contribution < 1.29 is 28.3 Å². The molecule has 0 spiro atoms. The molecule has 0 aromatic carbocycles. The Balaban J connectivity index is 3.01. The largest absolute Gasteiger partial charge is 0.461 e. The summed E-state index contributed by atoms with van der Waals surface area (Å²) in [5.74, 6) is -0.787. The smallest absolute Gasteiger partial charge is 0.415 e. The molecule has 0 aliphatic carbocycles. The molecule has 1 rings (SSSR count). The highest BCUT2D eigenvalue weighted by Gasteiger charge is 2.27. The van der Waals surface area contributed by atoms with Crippen molar-refractivity contribution in [3.8, 4) is 0 Å². The van der Waals surface area contributed by atoms with Crippen LogP contribution in [0.1, 0.15) is 40.3 Å². The Hall–Kier alpha value is -2.29. The highest BCUT2D eigenvalue weighted by Crippen LogP contribution is 2.22. The second kappa shape index (κ2) is 8.53. The predicted octanol–water partition coefficient (Wildman–Crippen LogP) is 2.98. The van der Waals surface area contributed by atoms with Crippen LogP contribution in [-0.2, 0) is 19.1 Å². The zero-order valence-corrected chi connectivity index (χ0v) is 14.9. The first-order chi connectivity index (χ1) is 11.2. The third-order valence-electron chi connectivity index (χ3n) is 2.17. The van der Waals surface area contributed by atoms with Gasteiger partial charge in [-0.15, -0.1) is 0 Å². The van der Waals surface area contributed by atoms with Gasteiger partial charge in [0.25, 0.3) is 0 Å². The van der Waals surface area contributed by atoms with Gasteiger partial charge in [0, 0.05) is 0 Å². The van der Waals surface area contributed by atoms with Crippen molar-refractivity contribution in [2.75, 3.05) is 18.5 Å². The van der Waals surface area contributed by atoms with Gasteiger partial charge < -0.3 is 18.7 Å². The van der Waals surface area contributed by atoms with Crippen molar-refractivity contribution in [2.24, 2.45) is 5.16 Å². The Labute approximate surface area is 144 Å². The summed E-state index contributed by atoms with van der Waals surface area (Å²) in [5, 5.41) is 5.65. The number of hydrogen-bond donors (Lipinski definition) is 1. The lowest BCUT2D eigenvalue weighted by molar-refractivity contribution is -0.135. The third kappa shape index (κ3) is 6.07. The van der Waals surface area contributed by atoms with Gasteiger partial charge in [-0.2, -0.15) is 4.98 Å². The minimum Gasteiger partial charge on any atom is -0.461 e. The summed E-state index contributed by atoms with van der Waals surface area (Å²) < 4.78 is 15.0. The highest BCUT2D eigenvalue weighted by molar-refractivity contribution is 6.46. The van der Waals surface area contributed by atoms with Crippen LogP contribution in [0.5, 0.6) is 0 Å². The van der Waals surface area contributed by atoms with Crippen molar-refractivity contribution in [1.29, 1.82) is 0 Å². The van der Waals surface area contributed by atoms with Crippen molar-refractivity contribution in [2.45, 2.75) is 40.2 Å². The Bertz CT molecular complexity index is 621. The van der Waals surface area contributed by atoms with E-state index in [1.54, 1.807) is 34.6 Å². The zero-order valence-electron chi connectivity index (χ0n) is 14.1. The minimum absolute atomic E-state index is 0.116. The van der Waals surface area contributed by atoms with E-state index in [4.69, 9.17) is 30.3 Å². The summed E-state index contributed by atoms with van der Waals surface area (Å²) in [7, 11) is 0. The number of carbonyl (C=O) groups is 2. The fourth-order valence-corrected chi connectivity index (χ4v) is 1.60. The average Bonchev–Trinajstić information content (AvgIpc) is 2.78. The molecule has 9 nitrogen and oxygen atoms in total. The maximum absolute atomic E-state index is 11.9. The summed E-state index contributed by atoms with van der Waals surface area (Å²) in [6.07, 6.45) is -0.786. The number of hydrogen-bond acceptors (Lipinski definition) is 8. The van der Waals surface area contributed by atoms with Crippen LogP contribution >= 0.6 is 11.6 Å². The van der Waals surface area contributed by atoms with Crippen LogP contribution in [0.15, 0.2) is 9.57 Å². The molecule has 0 saturated heterocycles. The van der Waals surface area contributed by atoms with Gasteiger partial charge in [-0.25, -0.2) is 14.9 Å². The third-order valence-corrected chi connectivity index (χ3v) is 2.43. The SMILES string of the molecule is CCON=C(C(=O)OCC)c1nc(NC(=O)OC(C)(C)C)oc1Cl.